The fourth-order valence-electron chi connectivity index (χ4n) is 2.34. The Labute approximate surface area is 116 Å². The van der Waals surface area contributed by atoms with Crippen LogP contribution in [-0.2, 0) is 13.1 Å². The Morgan fingerprint density at radius 1 is 1.25 bits per heavy atom. The molecular formula is C15H15N3O2. The Balaban J connectivity index is 1.75. The lowest BCUT2D eigenvalue weighted by molar-refractivity contribution is 0.0900. The molecule has 2 heterocycles. The topological polar surface area (TPSA) is 63.1 Å². The number of amides is 2. The highest BCUT2D eigenvalue weighted by Gasteiger charge is 2.24. The van der Waals surface area contributed by atoms with Crippen LogP contribution in [0.4, 0.5) is 0 Å². The minimum absolute atomic E-state index is 0.189. The van der Waals surface area contributed by atoms with Crippen LogP contribution in [0.1, 0.15) is 26.4 Å². The first-order valence-electron chi connectivity index (χ1n) is 6.55. The molecule has 5 heteroatoms. The maximum Gasteiger partial charge on any atom is 0.268 e. The number of carbonyl (C=O) groups is 2. The summed E-state index contributed by atoms with van der Waals surface area (Å²) in [6.07, 6.45) is 1.78. The van der Waals surface area contributed by atoms with E-state index < -0.39 is 0 Å². The normalized spacial score (nSPS) is 13.5. The van der Waals surface area contributed by atoms with Crippen LogP contribution in [0.2, 0.25) is 0 Å². The Bertz CT molecular complexity index is 646. The fourth-order valence-corrected chi connectivity index (χ4v) is 2.34. The number of fused-ring (bicyclic) bond motifs is 1. The SMILES string of the molecule is O=C(NCc1ccccc1)c1ccn2c1C(=O)NCC2. The van der Waals surface area contributed by atoms with Crippen LogP contribution in [0.15, 0.2) is 42.6 Å². The van der Waals surface area contributed by atoms with E-state index in [1.807, 2.05) is 34.9 Å². The minimum Gasteiger partial charge on any atom is -0.349 e. The Kier molecular flexibility index (Phi) is 3.25. The van der Waals surface area contributed by atoms with Gasteiger partial charge in [-0.15, -0.1) is 0 Å². The highest BCUT2D eigenvalue weighted by molar-refractivity contribution is 6.06. The van der Waals surface area contributed by atoms with Gasteiger partial charge in [0.05, 0.1) is 5.56 Å². The molecular weight excluding hydrogens is 254 g/mol. The number of nitrogens with zero attached hydrogens (tertiary/aromatic N) is 1. The highest BCUT2D eigenvalue weighted by Crippen LogP contribution is 2.14. The molecule has 102 valence electrons. The molecule has 1 aromatic carbocycles. The Morgan fingerprint density at radius 3 is 2.85 bits per heavy atom. The van der Waals surface area contributed by atoms with E-state index in [1.54, 1.807) is 12.3 Å². The molecule has 2 N–H and O–H groups in total. The first-order chi connectivity index (χ1) is 9.75. The number of hydrogen-bond donors (Lipinski definition) is 2. The third-order valence-corrected chi connectivity index (χ3v) is 3.36. The first kappa shape index (κ1) is 12.5. The van der Waals surface area contributed by atoms with Gasteiger partial charge in [0.15, 0.2) is 0 Å². The summed E-state index contributed by atoms with van der Waals surface area (Å²) < 4.78 is 1.82. The van der Waals surface area contributed by atoms with Crippen LogP contribution in [-0.4, -0.2) is 22.9 Å². The van der Waals surface area contributed by atoms with Gasteiger partial charge in [-0.2, -0.15) is 0 Å². The second-order valence-electron chi connectivity index (χ2n) is 4.70. The van der Waals surface area contributed by atoms with Crippen LogP contribution < -0.4 is 10.6 Å². The van der Waals surface area contributed by atoms with E-state index in [0.717, 1.165) is 5.56 Å². The molecule has 1 aromatic heterocycles. The summed E-state index contributed by atoms with van der Waals surface area (Å²) in [6.45, 7) is 1.75. The molecule has 1 aliphatic rings. The van der Waals surface area contributed by atoms with Crippen molar-refractivity contribution in [2.75, 3.05) is 6.54 Å². The predicted molar refractivity (Wildman–Crippen MR) is 74.4 cm³/mol. The third kappa shape index (κ3) is 2.30. The maximum atomic E-state index is 12.2. The summed E-state index contributed by atoms with van der Waals surface area (Å²) in [5.41, 5.74) is 1.90. The van der Waals surface area contributed by atoms with Crippen molar-refractivity contribution in [1.82, 2.24) is 15.2 Å². The zero-order valence-electron chi connectivity index (χ0n) is 10.9. The molecule has 0 radical (unpaired) electrons. The number of aromatic nitrogens is 1. The molecule has 0 saturated heterocycles. The molecule has 0 bridgehead atoms. The van der Waals surface area contributed by atoms with Gasteiger partial charge in [0.25, 0.3) is 11.8 Å². The van der Waals surface area contributed by atoms with Crippen molar-refractivity contribution in [2.45, 2.75) is 13.1 Å². The number of benzene rings is 1. The lowest BCUT2D eigenvalue weighted by Crippen LogP contribution is -2.37. The standard InChI is InChI=1S/C15H15N3O2/c19-14(17-10-11-4-2-1-3-5-11)12-6-8-18-9-7-16-15(20)13(12)18/h1-6,8H,7,9-10H2,(H,16,20)(H,17,19). The zero-order valence-corrected chi connectivity index (χ0v) is 10.9. The lowest BCUT2D eigenvalue weighted by atomic mass is 10.2. The zero-order chi connectivity index (χ0) is 13.9. The minimum atomic E-state index is -0.223. The molecule has 2 aromatic rings. The van der Waals surface area contributed by atoms with Crippen LogP contribution in [0.3, 0.4) is 0 Å². The van der Waals surface area contributed by atoms with Crippen molar-refractivity contribution in [2.24, 2.45) is 0 Å². The molecule has 0 atom stereocenters. The van der Waals surface area contributed by atoms with Crippen molar-refractivity contribution in [3.63, 3.8) is 0 Å². The quantitative estimate of drug-likeness (QED) is 0.878. The van der Waals surface area contributed by atoms with Crippen molar-refractivity contribution in [3.8, 4) is 0 Å². The summed E-state index contributed by atoms with van der Waals surface area (Å²) in [7, 11) is 0. The maximum absolute atomic E-state index is 12.2. The van der Waals surface area contributed by atoms with E-state index in [-0.39, 0.29) is 11.8 Å². The Morgan fingerprint density at radius 2 is 2.05 bits per heavy atom. The largest absolute Gasteiger partial charge is 0.349 e. The van der Waals surface area contributed by atoms with Gasteiger partial charge in [-0.3, -0.25) is 9.59 Å². The van der Waals surface area contributed by atoms with Gasteiger partial charge in [-0.25, -0.2) is 0 Å². The second kappa shape index (κ2) is 5.21. The van der Waals surface area contributed by atoms with Crippen LogP contribution in [0.25, 0.3) is 0 Å². The summed E-state index contributed by atoms with van der Waals surface area (Å²) >= 11 is 0. The van der Waals surface area contributed by atoms with Crippen LogP contribution >= 0.6 is 0 Å². The van der Waals surface area contributed by atoms with Crippen LogP contribution in [0, 0.1) is 0 Å². The third-order valence-electron chi connectivity index (χ3n) is 3.36. The fraction of sp³-hybridized carbons (Fsp3) is 0.200. The van der Waals surface area contributed by atoms with Gasteiger partial charge < -0.3 is 15.2 Å². The number of hydrogen-bond acceptors (Lipinski definition) is 2. The summed E-state index contributed by atoms with van der Waals surface area (Å²) in [4.78, 5) is 24.0. The van der Waals surface area contributed by atoms with E-state index >= 15 is 0 Å². The van der Waals surface area contributed by atoms with Gasteiger partial charge in [-0.05, 0) is 11.6 Å². The molecule has 2 amide bonds. The number of carbonyl (C=O) groups excluding carboxylic acids is 2. The van der Waals surface area contributed by atoms with Gasteiger partial charge in [-0.1, -0.05) is 30.3 Å². The van der Waals surface area contributed by atoms with Crippen molar-refractivity contribution >= 4 is 11.8 Å². The molecule has 0 aliphatic carbocycles. The van der Waals surface area contributed by atoms with Crippen LogP contribution in [0.5, 0.6) is 0 Å². The van der Waals surface area contributed by atoms with Gasteiger partial charge in [0.2, 0.25) is 0 Å². The molecule has 0 unspecified atom stereocenters. The second-order valence-corrected chi connectivity index (χ2v) is 4.70. The average molecular weight is 269 g/mol. The molecule has 5 nitrogen and oxygen atoms in total. The number of rotatable bonds is 3. The van der Waals surface area contributed by atoms with Gasteiger partial charge in [0, 0.05) is 25.8 Å². The molecule has 20 heavy (non-hydrogen) atoms. The average Bonchev–Trinajstić information content (AvgIpc) is 2.91. The first-order valence-corrected chi connectivity index (χ1v) is 6.55. The monoisotopic (exact) mass is 269 g/mol. The van der Waals surface area contributed by atoms with E-state index in [4.69, 9.17) is 0 Å². The summed E-state index contributed by atoms with van der Waals surface area (Å²) in [5.74, 6) is -0.411. The highest BCUT2D eigenvalue weighted by atomic mass is 16.2. The van der Waals surface area contributed by atoms with Crippen molar-refractivity contribution < 1.29 is 9.59 Å². The molecule has 0 saturated carbocycles. The van der Waals surface area contributed by atoms with E-state index in [9.17, 15) is 9.59 Å². The summed E-state index contributed by atoms with van der Waals surface area (Å²) in [5, 5.41) is 5.59. The van der Waals surface area contributed by atoms with E-state index in [1.165, 1.54) is 0 Å². The summed E-state index contributed by atoms with van der Waals surface area (Å²) in [6, 6.07) is 11.4. The molecule has 1 aliphatic heterocycles. The van der Waals surface area contributed by atoms with E-state index in [0.29, 0.717) is 30.9 Å². The van der Waals surface area contributed by atoms with Crippen molar-refractivity contribution in [3.05, 3.63) is 59.4 Å². The van der Waals surface area contributed by atoms with E-state index in [2.05, 4.69) is 10.6 Å². The smallest absolute Gasteiger partial charge is 0.268 e. The molecule has 3 rings (SSSR count). The Hall–Kier alpha value is -2.56. The lowest BCUT2D eigenvalue weighted by Gasteiger charge is -2.17. The molecule has 0 spiro atoms. The van der Waals surface area contributed by atoms with Gasteiger partial charge in [0.1, 0.15) is 5.69 Å². The van der Waals surface area contributed by atoms with Gasteiger partial charge >= 0.3 is 0 Å². The predicted octanol–water partition coefficient (Wildman–Crippen LogP) is 1.16. The number of nitrogens with one attached hydrogen (secondary N) is 2. The van der Waals surface area contributed by atoms with Crippen molar-refractivity contribution in [1.29, 1.82) is 0 Å². The molecule has 0 fully saturated rings.